The maximum Gasteiger partial charge on any atom is 0.138 e. The quantitative estimate of drug-likeness (QED) is 0.785. The largest absolute Gasteiger partial charge is 0.492 e. The fraction of sp³-hybridized carbons (Fsp3) is 0.625. The molecule has 0 radical (unpaired) electrons. The third kappa shape index (κ3) is 3.46. The van der Waals surface area contributed by atoms with Crippen LogP contribution in [0.2, 0.25) is 0 Å². The van der Waals surface area contributed by atoms with Crippen LogP contribution in [0.25, 0.3) is 0 Å². The van der Waals surface area contributed by atoms with Gasteiger partial charge < -0.3 is 10.1 Å². The van der Waals surface area contributed by atoms with Gasteiger partial charge >= 0.3 is 0 Å². The topological polar surface area (TPSA) is 24.5 Å². The minimum absolute atomic E-state index is 0.625. The highest BCUT2D eigenvalue weighted by atomic mass is 79.9. The lowest BCUT2D eigenvalue weighted by molar-refractivity contribution is 0.296. The van der Waals surface area contributed by atoms with E-state index in [0.717, 1.165) is 27.3 Å². The van der Waals surface area contributed by atoms with E-state index in [2.05, 4.69) is 48.1 Å². The summed E-state index contributed by atoms with van der Waals surface area (Å²) in [6.07, 6.45) is 3.97. The normalized spacial score (nSPS) is 25.3. The molecule has 5 heteroatoms. The minimum Gasteiger partial charge on any atom is -0.492 e. The summed E-state index contributed by atoms with van der Waals surface area (Å²) >= 11 is 7.18. The van der Waals surface area contributed by atoms with Gasteiger partial charge in [-0.15, -0.1) is 0 Å². The van der Waals surface area contributed by atoms with E-state index in [4.69, 9.17) is 4.74 Å². The van der Waals surface area contributed by atoms with Gasteiger partial charge in [-0.2, -0.15) is 0 Å². The summed E-state index contributed by atoms with van der Waals surface area (Å²) in [4.78, 5) is 2.64. The molecule has 0 amide bonds. The summed E-state index contributed by atoms with van der Waals surface area (Å²) in [5.74, 6) is 0.967. The molecular formula is C16H22Br2N2O. The van der Waals surface area contributed by atoms with Gasteiger partial charge in [-0.1, -0.05) is 15.9 Å². The molecule has 2 atom stereocenters. The smallest absolute Gasteiger partial charge is 0.138 e. The first-order valence-corrected chi connectivity index (χ1v) is 9.35. The molecule has 3 rings (SSSR count). The third-order valence-corrected chi connectivity index (χ3v) is 5.58. The number of nitrogens with one attached hydrogen (secondary N) is 1. The van der Waals surface area contributed by atoms with E-state index >= 15 is 0 Å². The molecule has 2 fully saturated rings. The lowest BCUT2D eigenvalue weighted by atomic mass is 10.1. The van der Waals surface area contributed by atoms with E-state index < -0.39 is 0 Å². The van der Waals surface area contributed by atoms with Crippen molar-refractivity contribution in [1.29, 1.82) is 0 Å². The second-order valence-electron chi connectivity index (χ2n) is 5.83. The number of rotatable bonds is 5. The first kappa shape index (κ1) is 15.8. The van der Waals surface area contributed by atoms with Gasteiger partial charge in [0.15, 0.2) is 0 Å². The number of fused-ring (bicyclic) bond motifs is 1. The van der Waals surface area contributed by atoms with E-state index in [1.165, 1.54) is 37.9 Å². The number of benzene rings is 1. The van der Waals surface area contributed by atoms with Crippen molar-refractivity contribution in [1.82, 2.24) is 10.2 Å². The van der Waals surface area contributed by atoms with E-state index in [1.54, 1.807) is 0 Å². The Kier molecular flexibility index (Phi) is 5.25. The highest BCUT2D eigenvalue weighted by molar-refractivity contribution is 9.11. The Morgan fingerprint density at radius 1 is 1.29 bits per heavy atom. The average Bonchev–Trinajstić information content (AvgIpc) is 3.03. The number of hydrogen-bond donors (Lipinski definition) is 1. The van der Waals surface area contributed by atoms with Crippen LogP contribution in [-0.4, -0.2) is 36.7 Å². The number of ether oxygens (including phenoxy) is 1. The fourth-order valence-electron chi connectivity index (χ4n) is 3.61. The van der Waals surface area contributed by atoms with Crippen molar-refractivity contribution in [2.75, 3.05) is 19.7 Å². The summed E-state index contributed by atoms with van der Waals surface area (Å²) in [5, 5.41) is 3.76. The van der Waals surface area contributed by atoms with Crippen molar-refractivity contribution in [2.45, 2.75) is 44.8 Å². The van der Waals surface area contributed by atoms with E-state index in [-0.39, 0.29) is 0 Å². The lowest BCUT2D eigenvalue weighted by Crippen LogP contribution is -2.38. The second kappa shape index (κ2) is 6.99. The second-order valence-corrected chi connectivity index (χ2v) is 7.60. The van der Waals surface area contributed by atoms with Crippen LogP contribution < -0.4 is 10.1 Å². The van der Waals surface area contributed by atoms with Crippen molar-refractivity contribution in [2.24, 2.45) is 0 Å². The van der Waals surface area contributed by atoms with Crippen molar-refractivity contribution < 1.29 is 4.74 Å². The van der Waals surface area contributed by atoms with Crippen molar-refractivity contribution in [3.8, 4) is 5.75 Å². The molecule has 0 bridgehead atoms. The van der Waals surface area contributed by atoms with Gasteiger partial charge in [0.25, 0.3) is 0 Å². The molecule has 2 saturated heterocycles. The molecule has 3 nitrogen and oxygen atoms in total. The van der Waals surface area contributed by atoms with Crippen LogP contribution in [0, 0.1) is 0 Å². The van der Waals surface area contributed by atoms with Crippen molar-refractivity contribution in [3.05, 3.63) is 26.6 Å². The fourth-order valence-corrected chi connectivity index (χ4v) is 5.04. The summed E-state index contributed by atoms with van der Waals surface area (Å²) < 4.78 is 7.91. The minimum atomic E-state index is 0.625. The summed E-state index contributed by atoms with van der Waals surface area (Å²) in [7, 11) is 0. The first-order valence-electron chi connectivity index (χ1n) is 7.77. The van der Waals surface area contributed by atoms with Gasteiger partial charge in [0.2, 0.25) is 0 Å². The van der Waals surface area contributed by atoms with Gasteiger partial charge in [-0.05, 0) is 60.8 Å². The Morgan fingerprint density at radius 3 is 2.95 bits per heavy atom. The van der Waals surface area contributed by atoms with Crippen LogP contribution in [0.1, 0.15) is 31.7 Å². The van der Waals surface area contributed by atoms with Crippen LogP contribution in [0.4, 0.5) is 0 Å². The van der Waals surface area contributed by atoms with Crippen LogP contribution >= 0.6 is 31.9 Å². The van der Waals surface area contributed by atoms with Crippen LogP contribution in [-0.2, 0) is 6.54 Å². The standard InChI is InChI=1S/C16H22Br2N2O/c1-2-21-16-11(8-12(17)9-13(16)18)10-19-14-5-7-20-6-3-4-15(14)20/h8-9,14-15,19H,2-7,10H2,1H3. The maximum absolute atomic E-state index is 5.81. The van der Waals surface area contributed by atoms with Gasteiger partial charge in [-0.25, -0.2) is 0 Å². The third-order valence-electron chi connectivity index (χ3n) is 4.53. The number of hydrogen-bond acceptors (Lipinski definition) is 3. The molecule has 0 aliphatic carbocycles. The zero-order chi connectivity index (χ0) is 14.8. The highest BCUT2D eigenvalue weighted by Gasteiger charge is 2.36. The Balaban J connectivity index is 1.69. The molecule has 116 valence electrons. The lowest BCUT2D eigenvalue weighted by Gasteiger charge is -2.22. The molecule has 2 aliphatic rings. The van der Waals surface area contributed by atoms with Crippen LogP contribution in [0.5, 0.6) is 5.75 Å². The molecule has 0 aromatic heterocycles. The Morgan fingerprint density at radius 2 is 2.14 bits per heavy atom. The zero-order valence-corrected chi connectivity index (χ0v) is 15.5. The molecule has 0 saturated carbocycles. The van der Waals surface area contributed by atoms with Crippen molar-refractivity contribution >= 4 is 31.9 Å². The van der Waals surface area contributed by atoms with E-state index in [9.17, 15) is 0 Å². The SMILES string of the molecule is CCOc1c(Br)cc(Br)cc1CNC1CCN2CCCC12. The monoisotopic (exact) mass is 416 g/mol. The number of halogens is 2. The van der Waals surface area contributed by atoms with Gasteiger partial charge in [-0.3, -0.25) is 4.90 Å². The Bertz CT molecular complexity index is 509. The summed E-state index contributed by atoms with van der Waals surface area (Å²) in [5.41, 5.74) is 1.22. The first-order chi connectivity index (χ1) is 10.2. The average molecular weight is 418 g/mol. The van der Waals surface area contributed by atoms with Crippen LogP contribution in [0.3, 0.4) is 0 Å². The predicted molar refractivity (Wildman–Crippen MR) is 92.9 cm³/mol. The van der Waals surface area contributed by atoms with Crippen LogP contribution in [0.15, 0.2) is 21.1 Å². The Hall–Kier alpha value is -0.100. The molecule has 1 N–H and O–H groups in total. The number of nitrogens with zero attached hydrogens (tertiary/aromatic N) is 1. The molecule has 2 unspecified atom stereocenters. The van der Waals surface area contributed by atoms with Gasteiger partial charge in [0.1, 0.15) is 5.75 Å². The van der Waals surface area contributed by atoms with Gasteiger partial charge in [0, 0.05) is 35.2 Å². The molecule has 1 aromatic rings. The molecule has 2 aliphatic heterocycles. The van der Waals surface area contributed by atoms with Crippen molar-refractivity contribution in [3.63, 3.8) is 0 Å². The molecule has 21 heavy (non-hydrogen) atoms. The van der Waals surface area contributed by atoms with E-state index in [1.807, 2.05) is 13.0 Å². The molecule has 2 heterocycles. The summed E-state index contributed by atoms with van der Waals surface area (Å²) in [6.45, 7) is 6.12. The van der Waals surface area contributed by atoms with E-state index in [0.29, 0.717) is 12.6 Å². The molecule has 0 spiro atoms. The zero-order valence-electron chi connectivity index (χ0n) is 12.4. The van der Waals surface area contributed by atoms with Gasteiger partial charge in [0.05, 0.1) is 11.1 Å². The Labute approximate surface area is 143 Å². The molecule has 1 aromatic carbocycles. The maximum atomic E-state index is 5.81. The summed E-state index contributed by atoms with van der Waals surface area (Å²) in [6, 6.07) is 5.57. The highest BCUT2D eigenvalue weighted by Crippen LogP contribution is 2.34. The predicted octanol–water partition coefficient (Wildman–Crippen LogP) is 3.94. The molecular weight excluding hydrogens is 396 g/mol.